The molecule has 0 aliphatic rings. The lowest BCUT2D eigenvalue weighted by Gasteiger charge is -2.06. The molecule has 1 unspecified atom stereocenters. The van der Waals surface area contributed by atoms with Crippen molar-refractivity contribution in [2.45, 2.75) is 19.6 Å². The van der Waals surface area contributed by atoms with Crippen LogP contribution in [-0.2, 0) is 6.54 Å². The van der Waals surface area contributed by atoms with E-state index in [0.717, 1.165) is 33.7 Å². The van der Waals surface area contributed by atoms with Gasteiger partial charge >= 0.3 is 0 Å². The fraction of sp³-hybridized carbons (Fsp3) is 0.190. The number of nitrogens with one attached hydrogen (secondary N) is 1. The summed E-state index contributed by atoms with van der Waals surface area (Å²) < 4.78 is 7.88. The van der Waals surface area contributed by atoms with Crippen molar-refractivity contribution in [3.63, 3.8) is 0 Å². The van der Waals surface area contributed by atoms with Crippen molar-refractivity contribution >= 4 is 11.0 Å². The van der Waals surface area contributed by atoms with Gasteiger partial charge in [-0.25, -0.2) is 4.68 Å². The maximum atomic E-state index is 9.49. The van der Waals surface area contributed by atoms with Crippen LogP contribution < -0.4 is 5.32 Å². The molecule has 2 aromatic heterocycles. The molecule has 0 saturated heterocycles. The average molecular weight is 347 g/mol. The maximum absolute atomic E-state index is 9.49. The van der Waals surface area contributed by atoms with Crippen molar-refractivity contribution in [3.05, 3.63) is 72.4 Å². The molecule has 26 heavy (non-hydrogen) atoms. The number of rotatable bonds is 6. The minimum atomic E-state index is -0.395. The molecule has 0 aliphatic carbocycles. The highest BCUT2D eigenvalue weighted by Gasteiger charge is 2.16. The van der Waals surface area contributed by atoms with Crippen LogP contribution >= 0.6 is 0 Å². The second-order valence-corrected chi connectivity index (χ2v) is 6.41. The predicted molar refractivity (Wildman–Crippen MR) is 102 cm³/mol. The Morgan fingerprint density at radius 2 is 1.88 bits per heavy atom. The summed E-state index contributed by atoms with van der Waals surface area (Å²) in [7, 11) is 0. The Bertz CT molecular complexity index is 969. The molecule has 0 bridgehead atoms. The molecule has 4 rings (SSSR count). The van der Waals surface area contributed by atoms with E-state index in [0.29, 0.717) is 13.1 Å². The summed E-state index contributed by atoms with van der Waals surface area (Å²) in [4.78, 5) is 0. The SMILES string of the molecule is CC(O)CNCc1cn(-c2ccccc2)nc1-c1cc2ccccc2o1. The molecule has 2 N–H and O–H groups in total. The zero-order chi connectivity index (χ0) is 17.9. The zero-order valence-corrected chi connectivity index (χ0v) is 14.6. The summed E-state index contributed by atoms with van der Waals surface area (Å²) in [5.41, 5.74) is 3.67. The van der Waals surface area contributed by atoms with E-state index in [9.17, 15) is 5.11 Å². The highest BCUT2D eigenvalue weighted by Crippen LogP contribution is 2.29. The van der Waals surface area contributed by atoms with Crippen LogP contribution in [0.4, 0.5) is 0 Å². The number of aromatic nitrogens is 2. The molecule has 0 radical (unpaired) electrons. The first-order chi connectivity index (χ1) is 12.7. The van der Waals surface area contributed by atoms with Crippen LogP contribution in [0.5, 0.6) is 0 Å². The minimum absolute atomic E-state index is 0.395. The predicted octanol–water partition coefficient (Wildman–Crippen LogP) is 3.76. The smallest absolute Gasteiger partial charge is 0.156 e. The largest absolute Gasteiger partial charge is 0.454 e. The Morgan fingerprint density at radius 1 is 1.12 bits per heavy atom. The van der Waals surface area contributed by atoms with Crippen LogP contribution in [0.2, 0.25) is 0 Å². The summed E-state index contributed by atoms with van der Waals surface area (Å²) in [6, 6.07) is 20.0. The van der Waals surface area contributed by atoms with Gasteiger partial charge in [-0.2, -0.15) is 5.10 Å². The first kappa shape index (κ1) is 16.6. The maximum Gasteiger partial charge on any atom is 0.156 e. The highest BCUT2D eigenvalue weighted by atomic mass is 16.3. The van der Waals surface area contributed by atoms with Gasteiger partial charge in [0.25, 0.3) is 0 Å². The molecule has 132 valence electrons. The Balaban J connectivity index is 1.74. The molecule has 2 aromatic carbocycles. The van der Waals surface area contributed by atoms with Crippen molar-refractivity contribution in [2.24, 2.45) is 0 Å². The summed E-state index contributed by atoms with van der Waals surface area (Å²) >= 11 is 0. The molecule has 1 atom stereocenters. The topological polar surface area (TPSA) is 63.2 Å². The van der Waals surface area contributed by atoms with Crippen LogP contribution in [0, 0.1) is 0 Å². The Morgan fingerprint density at radius 3 is 2.65 bits per heavy atom. The zero-order valence-electron chi connectivity index (χ0n) is 14.6. The number of aliphatic hydroxyl groups excluding tert-OH is 1. The first-order valence-corrected chi connectivity index (χ1v) is 8.72. The van der Waals surface area contributed by atoms with E-state index in [1.165, 1.54) is 0 Å². The van der Waals surface area contributed by atoms with Crippen LogP contribution in [0.25, 0.3) is 28.1 Å². The summed E-state index contributed by atoms with van der Waals surface area (Å²) in [5, 5.41) is 18.6. The lowest BCUT2D eigenvalue weighted by Crippen LogP contribution is -2.23. The number of fused-ring (bicyclic) bond motifs is 1. The average Bonchev–Trinajstić information content (AvgIpc) is 3.26. The standard InChI is InChI=1S/C21H21N3O2/c1-15(25)12-22-13-17-14-24(18-8-3-2-4-9-18)23-21(17)20-11-16-7-5-6-10-19(16)26-20/h2-11,14-15,22,25H,12-13H2,1H3. The van der Waals surface area contributed by atoms with Gasteiger partial charge in [-0.05, 0) is 31.2 Å². The van der Waals surface area contributed by atoms with E-state index in [1.54, 1.807) is 6.92 Å². The molecule has 2 heterocycles. The van der Waals surface area contributed by atoms with E-state index >= 15 is 0 Å². The number of furan rings is 1. The second kappa shape index (κ2) is 7.15. The van der Waals surface area contributed by atoms with Crippen LogP contribution in [-0.4, -0.2) is 27.5 Å². The van der Waals surface area contributed by atoms with E-state index in [4.69, 9.17) is 9.52 Å². The lowest BCUT2D eigenvalue weighted by molar-refractivity contribution is 0.191. The molecule has 0 spiro atoms. The number of benzene rings is 2. The summed E-state index contributed by atoms with van der Waals surface area (Å²) in [5.74, 6) is 0.745. The number of hydrogen-bond donors (Lipinski definition) is 2. The first-order valence-electron chi connectivity index (χ1n) is 8.72. The fourth-order valence-corrected chi connectivity index (χ4v) is 2.97. The Labute approximate surface area is 151 Å². The van der Waals surface area contributed by atoms with Gasteiger partial charge in [0, 0.05) is 30.2 Å². The molecule has 0 saturated carbocycles. The number of nitrogens with zero attached hydrogens (tertiary/aromatic N) is 2. The van der Waals surface area contributed by atoms with E-state index < -0.39 is 6.10 Å². The second-order valence-electron chi connectivity index (χ2n) is 6.41. The third kappa shape index (κ3) is 3.40. The fourth-order valence-electron chi connectivity index (χ4n) is 2.97. The van der Waals surface area contributed by atoms with Crippen LogP contribution in [0.1, 0.15) is 12.5 Å². The monoisotopic (exact) mass is 347 g/mol. The van der Waals surface area contributed by atoms with Gasteiger partial charge < -0.3 is 14.8 Å². The van der Waals surface area contributed by atoms with Crippen molar-refractivity contribution in [1.29, 1.82) is 0 Å². The molecular weight excluding hydrogens is 326 g/mol. The number of para-hydroxylation sites is 2. The van der Waals surface area contributed by atoms with Gasteiger partial charge in [0.05, 0.1) is 11.8 Å². The molecule has 0 amide bonds. The molecule has 5 heteroatoms. The number of aliphatic hydroxyl groups is 1. The van der Waals surface area contributed by atoms with Crippen molar-refractivity contribution in [2.75, 3.05) is 6.54 Å². The van der Waals surface area contributed by atoms with Gasteiger partial charge in [-0.3, -0.25) is 0 Å². The van der Waals surface area contributed by atoms with Crippen molar-refractivity contribution < 1.29 is 9.52 Å². The van der Waals surface area contributed by atoms with Gasteiger partial charge in [0.1, 0.15) is 11.3 Å². The lowest BCUT2D eigenvalue weighted by atomic mass is 10.2. The number of hydrogen-bond acceptors (Lipinski definition) is 4. The molecule has 4 aromatic rings. The Hall–Kier alpha value is -2.89. The minimum Gasteiger partial charge on any atom is -0.454 e. The molecule has 0 aliphatic heterocycles. The molecule has 0 fully saturated rings. The van der Waals surface area contributed by atoms with Crippen LogP contribution in [0.3, 0.4) is 0 Å². The van der Waals surface area contributed by atoms with E-state index in [-0.39, 0.29) is 0 Å². The van der Waals surface area contributed by atoms with Crippen molar-refractivity contribution in [1.82, 2.24) is 15.1 Å². The quantitative estimate of drug-likeness (QED) is 0.557. The molecular formula is C21H21N3O2. The van der Waals surface area contributed by atoms with Gasteiger partial charge in [-0.1, -0.05) is 36.4 Å². The van der Waals surface area contributed by atoms with Gasteiger partial charge in [0.2, 0.25) is 0 Å². The third-order valence-corrected chi connectivity index (χ3v) is 4.22. The normalized spacial score (nSPS) is 12.5. The van der Waals surface area contributed by atoms with E-state index in [2.05, 4.69) is 5.32 Å². The van der Waals surface area contributed by atoms with Crippen molar-refractivity contribution in [3.8, 4) is 17.1 Å². The summed E-state index contributed by atoms with van der Waals surface area (Å²) in [6.45, 7) is 2.89. The van der Waals surface area contributed by atoms with Gasteiger partial charge in [-0.15, -0.1) is 0 Å². The Kier molecular flexibility index (Phi) is 4.56. The van der Waals surface area contributed by atoms with E-state index in [1.807, 2.05) is 71.5 Å². The highest BCUT2D eigenvalue weighted by molar-refractivity contribution is 5.82. The molecule has 5 nitrogen and oxygen atoms in total. The van der Waals surface area contributed by atoms with Crippen LogP contribution in [0.15, 0.2) is 71.3 Å². The third-order valence-electron chi connectivity index (χ3n) is 4.22. The summed E-state index contributed by atoms with van der Waals surface area (Å²) in [6.07, 6.45) is 1.61. The van der Waals surface area contributed by atoms with Gasteiger partial charge in [0.15, 0.2) is 5.76 Å².